The van der Waals surface area contributed by atoms with Gasteiger partial charge in [0.25, 0.3) is 0 Å². The van der Waals surface area contributed by atoms with Gasteiger partial charge in [-0.25, -0.2) is 5.32 Å². The van der Waals surface area contributed by atoms with Gasteiger partial charge in [-0.3, -0.25) is 0 Å². The molecule has 5 nitrogen and oxygen atoms in total. The maximum atomic E-state index is 9.79. The number of para-hydroxylation sites is 1. The summed E-state index contributed by atoms with van der Waals surface area (Å²) in [4.78, 5) is 2.02. The van der Waals surface area contributed by atoms with Crippen molar-refractivity contribution in [3.8, 4) is 11.5 Å². The van der Waals surface area contributed by atoms with Crippen LogP contribution in [0.4, 0.5) is 0 Å². The fourth-order valence-corrected chi connectivity index (χ4v) is 2.98. The lowest BCUT2D eigenvalue weighted by molar-refractivity contribution is 0.190. The Kier molecular flexibility index (Phi) is 3.50. The Balaban J connectivity index is 1.83. The highest BCUT2D eigenvalue weighted by Crippen LogP contribution is 2.36. The van der Waals surface area contributed by atoms with E-state index in [9.17, 15) is 5.11 Å². The highest BCUT2D eigenvalue weighted by atomic mass is 32.1. The molecule has 0 unspecified atom stereocenters. The van der Waals surface area contributed by atoms with Crippen LogP contribution in [0.1, 0.15) is 12.0 Å². The summed E-state index contributed by atoms with van der Waals surface area (Å²) in [6.07, 6.45) is 3.29. The van der Waals surface area contributed by atoms with Gasteiger partial charge < -0.3 is 20.5 Å². The molecule has 0 bridgehead atoms. The molecule has 2 aliphatic heterocycles. The van der Waals surface area contributed by atoms with Crippen LogP contribution in [-0.4, -0.2) is 34.3 Å². The minimum absolute atomic E-state index is 0.0980. The third kappa shape index (κ3) is 2.21. The average Bonchev–Trinajstić information content (AvgIpc) is 2.80. The fraction of sp³-hybridized carbons (Fsp3) is 0.357. The maximum absolute atomic E-state index is 9.79. The normalized spacial score (nSPS) is 21.1. The molecule has 1 aromatic rings. The van der Waals surface area contributed by atoms with Gasteiger partial charge in [-0.1, -0.05) is 12.1 Å². The molecule has 105 valence electrons. The molecule has 2 aliphatic rings. The Morgan fingerprint density at radius 1 is 1.50 bits per heavy atom. The molecule has 0 fully saturated rings. The second kappa shape index (κ2) is 5.30. The number of nitrogens with zero attached hydrogens (tertiary/aromatic N) is 2. The van der Waals surface area contributed by atoms with Crippen molar-refractivity contribution in [2.24, 2.45) is 5.73 Å². The molecule has 0 saturated carbocycles. The van der Waals surface area contributed by atoms with Crippen LogP contribution in [0.25, 0.3) is 0 Å². The number of thiocarbonyl (C=S) groups is 1. The molecule has 1 radical (unpaired) electrons. The molecular formula is C14H16N3O2S. The largest absolute Gasteiger partial charge is 0.504 e. The van der Waals surface area contributed by atoms with Crippen molar-refractivity contribution in [3.05, 3.63) is 35.7 Å². The molecule has 0 aliphatic carbocycles. The molecule has 3 rings (SSSR count). The van der Waals surface area contributed by atoms with E-state index in [0.29, 0.717) is 24.0 Å². The van der Waals surface area contributed by atoms with Crippen LogP contribution in [0, 0.1) is 0 Å². The van der Waals surface area contributed by atoms with E-state index in [1.54, 1.807) is 12.3 Å². The van der Waals surface area contributed by atoms with Crippen LogP contribution in [0.2, 0.25) is 0 Å². The van der Waals surface area contributed by atoms with E-state index in [1.807, 2.05) is 17.0 Å². The van der Waals surface area contributed by atoms with Gasteiger partial charge in [0.05, 0.1) is 6.04 Å². The Labute approximate surface area is 123 Å². The Hall–Kier alpha value is -1.79. The smallest absolute Gasteiger partial charge is 0.200 e. The molecule has 3 N–H and O–H groups in total. The van der Waals surface area contributed by atoms with Crippen molar-refractivity contribution >= 4 is 17.3 Å². The second-order valence-corrected chi connectivity index (χ2v) is 5.24. The number of phenolic OH excluding ortho intramolecular Hbond substituents is 1. The van der Waals surface area contributed by atoms with Gasteiger partial charge in [0.15, 0.2) is 16.6 Å². The highest BCUT2D eigenvalue weighted by molar-refractivity contribution is 7.80. The Bertz CT molecular complexity index is 574. The first-order valence-corrected chi connectivity index (χ1v) is 6.98. The van der Waals surface area contributed by atoms with Crippen molar-refractivity contribution in [3.63, 3.8) is 0 Å². The van der Waals surface area contributed by atoms with Gasteiger partial charge in [0.2, 0.25) is 0 Å². The topological polar surface area (TPSA) is 72.8 Å². The quantitative estimate of drug-likeness (QED) is 0.815. The van der Waals surface area contributed by atoms with Crippen LogP contribution in [0.5, 0.6) is 11.5 Å². The van der Waals surface area contributed by atoms with Crippen molar-refractivity contribution in [2.45, 2.75) is 18.9 Å². The van der Waals surface area contributed by atoms with E-state index in [4.69, 9.17) is 22.7 Å². The number of ether oxygens (including phenoxy) is 1. The first-order valence-electron chi connectivity index (χ1n) is 6.57. The molecule has 0 amide bonds. The summed E-state index contributed by atoms with van der Waals surface area (Å²) < 4.78 is 5.70. The number of hydrogen-bond acceptors (Lipinski definition) is 4. The number of aromatic hydroxyl groups is 1. The summed E-state index contributed by atoms with van der Waals surface area (Å²) in [5.41, 5.74) is 7.65. The standard InChI is InChI=1S/C14H16N3O2S/c15-5-4-10-7-16-14(20)17(10)11-6-9-2-1-3-12(18)13(9)19-8-11/h1-3,7,11,18H,4-6,8,15H2/t11-/m1/s1. The third-order valence-electron chi connectivity index (χ3n) is 3.56. The molecule has 0 spiro atoms. The van der Waals surface area contributed by atoms with Crippen LogP contribution >= 0.6 is 12.2 Å². The van der Waals surface area contributed by atoms with E-state index in [2.05, 4.69) is 5.32 Å². The van der Waals surface area contributed by atoms with Gasteiger partial charge in [-0.15, -0.1) is 0 Å². The van der Waals surface area contributed by atoms with Crippen LogP contribution < -0.4 is 15.8 Å². The summed E-state index contributed by atoms with van der Waals surface area (Å²) in [5.74, 6) is 0.766. The van der Waals surface area contributed by atoms with E-state index < -0.39 is 0 Å². The fourth-order valence-electron chi connectivity index (χ4n) is 2.66. The average molecular weight is 290 g/mol. The Morgan fingerprint density at radius 3 is 3.15 bits per heavy atom. The first kappa shape index (κ1) is 13.2. The monoisotopic (exact) mass is 290 g/mol. The minimum Gasteiger partial charge on any atom is -0.504 e. The van der Waals surface area contributed by atoms with Gasteiger partial charge in [-0.05, 0) is 24.8 Å². The van der Waals surface area contributed by atoms with E-state index in [-0.39, 0.29) is 11.8 Å². The summed E-state index contributed by atoms with van der Waals surface area (Å²) in [5, 5.41) is 14.5. The summed E-state index contributed by atoms with van der Waals surface area (Å²) in [7, 11) is 0. The highest BCUT2D eigenvalue weighted by Gasteiger charge is 2.33. The summed E-state index contributed by atoms with van der Waals surface area (Å²) in [6, 6.07) is 5.52. The van der Waals surface area contributed by atoms with E-state index >= 15 is 0 Å². The van der Waals surface area contributed by atoms with Gasteiger partial charge in [-0.2, -0.15) is 0 Å². The first-order chi connectivity index (χ1) is 9.70. The lowest BCUT2D eigenvalue weighted by Gasteiger charge is -2.34. The van der Waals surface area contributed by atoms with E-state index in [1.165, 1.54) is 0 Å². The molecule has 1 atom stereocenters. The number of fused-ring (bicyclic) bond motifs is 1. The molecule has 6 heteroatoms. The molecule has 20 heavy (non-hydrogen) atoms. The lowest BCUT2D eigenvalue weighted by atomic mass is 10.0. The van der Waals surface area contributed by atoms with Crippen molar-refractivity contribution < 1.29 is 9.84 Å². The molecule has 0 aromatic heterocycles. The van der Waals surface area contributed by atoms with Crippen LogP contribution in [0.15, 0.2) is 30.1 Å². The molecule has 0 saturated heterocycles. The minimum atomic E-state index is 0.0980. The van der Waals surface area contributed by atoms with Crippen LogP contribution in [-0.2, 0) is 6.42 Å². The number of phenols is 1. The third-order valence-corrected chi connectivity index (χ3v) is 3.86. The summed E-state index contributed by atoms with van der Waals surface area (Å²) in [6.45, 7) is 1.04. The predicted molar refractivity (Wildman–Crippen MR) is 79.4 cm³/mol. The van der Waals surface area contributed by atoms with Crippen molar-refractivity contribution in [1.29, 1.82) is 0 Å². The number of benzene rings is 1. The zero-order valence-corrected chi connectivity index (χ0v) is 11.8. The van der Waals surface area contributed by atoms with Crippen LogP contribution in [0.3, 0.4) is 0 Å². The molecule has 1 aromatic carbocycles. The van der Waals surface area contributed by atoms with Gasteiger partial charge >= 0.3 is 0 Å². The zero-order valence-electron chi connectivity index (χ0n) is 11.0. The van der Waals surface area contributed by atoms with Gasteiger partial charge in [0, 0.05) is 30.3 Å². The zero-order chi connectivity index (χ0) is 14.1. The number of nitrogens with two attached hydrogens (primary N) is 1. The van der Waals surface area contributed by atoms with E-state index in [0.717, 1.165) is 24.1 Å². The number of hydrogen-bond donors (Lipinski definition) is 2. The maximum Gasteiger partial charge on any atom is 0.200 e. The number of rotatable bonds is 3. The lowest BCUT2D eigenvalue weighted by Crippen LogP contribution is -2.44. The summed E-state index contributed by atoms with van der Waals surface area (Å²) >= 11 is 5.30. The molecular weight excluding hydrogens is 274 g/mol. The predicted octanol–water partition coefficient (Wildman–Crippen LogP) is 1.09. The molecule has 2 heterocycles. The van der Waals surface area contributed by atoms with Gasteiger partial charge in [0.1, 0.15) is 6.61 Å². The SMILES string of the molecule is NCCC1=C[N]C(=S)N1[C@H]1COc2c(O)cccc2C1. The Morgan fingerprint density at radius 2 is 2.35 bits per heavy atom. The van der Waals surface area contributed by atoms with Crippen molar-refractivity contribution in [1.82, 2.24) is 10.2 Å². The second-order valence-electron chi connectivity index (χ2n) is 4.88. The van der Waals surface area contributed by atoms with Crippen molar-refractivity contribution in [2.75, 3.05) is 13.2 Å².